The van der Waals surface area contributed by atoms with Gasteiger partial charge in [-0.15, -0.1) is 0 Å². The zero-order valence-corrected chi connectivity index (χ0v) is 9.58. The lowest BCUT2D eigenvalue weighted by Crippen LogP contribution is -2.32. The van der Waals surface area contributed by atoms with Crippen LogP contribution in [0.5, 0.6) is 0 Å². The second-order valence-corrected chi connectivity index (χ2v) is 4.34. The highest BCUT2D eigenvalue weighted by atomic mass is 19.1. The van der Waals surface area contributed by atoms with Crippen molar-refractivity contribution in [3.63, 3.8) is 0 Å². The van der Waals surface area contributed by atoms with Crippen LogP contribution in [0.3, 0.4) is 0 Å². The Balaban J connectivity index is 1.77. The molecule has 0 bridgehead atoms. The van der Waals surface area contributed by atoms with Crippen LogP contribution in [-0.2, 0) is 11.3 Å². The fourth-order valence-corrected chi connectivity index (χ4v) is 1.87. The molecule has 0 aliphatic heterocycles. The largest absolute Gasteiger partial charge is 0.375 e. The monoisotopic (exact) mass is 223 g/mol. The predicted octanol–water partition coefficient (Wildman–Crippen LogP) is 2.34. The van der Waals surface area contributed by atoms with Gasteiger partial charge in [0.05, 0.1) is 13.2 Å². The van der Waals surface area contributed by atoms with Crippen molar-refractivity contribution in [2.45, 2.75) is 25.5 Å². The summed E-state index contributed by atoms with van der Waals surface area (Å²) in [5.41, 5.74) is 0.633. The van der Waals surface area contributed by atoms with Gasteiger partial charge in [0.15, 0.2) is 0 Å². The Morgan fingerprint density at radius 3 is 2.81 bits per heavy atom. The van der Waals surface area contributed by atoms with Crippen molar-refractivity contribution < 1.29 is 9.13 Å². The van der Waals surface area contributed by atoms with Crippen molar-refractivity contribution in [1.82, 2.24) is 5.32 Å². The third-order valence-corrected chi connectivity index (χ3v) is 3.07. The minimum absolute atomic E-state index is 0.185. The number of ether oxygens (including phenoxy) is 1. The van der Waals surface area contributed by atoms with Gasteiger partial charge in [0.1, 0.15) is 5.82 Å². The fourth-order valence-electron chi connectivity index (χ4n) is 1.87. The van der Waals surface area contributed by atoms with Gasteiger partial charge in [-0.2, -0.15) is 0 Å². The Bertz CT molecular complexity index is 338. The van der Waals surface area contributed by atoms with Gasteiger partial charge in [0.25, 0.3) is 0 Å². The molecular formula is C13H18FNO. The molecule has 1 aromatic carbocycles. The highest BCUT2D eigenvalue weighted by Crippen LogP contribution is 2.32. The van der Waals surface area contributed by atoms with Crippen molar-refractivity contribution in [2.24, 2.45) is 5.92 Å². The highest BCUT2D eigenvalue weighted by Gasteiger charge is 2.29. The number of halogens is 1. The summed E-state index contributed by atoms with van der Waals surface area (Å²) >= 11 is 0. The van der Waals surface area contributed by atoms with Gasteiger partial charge in [0, 0.05) is 11.6 Å². The standard InChI is InChI=1S/C13H18FNO/c1-15-13(10-6-7-10)9-16-8-11-4-2-3-5-12(11)14/h2-5,10,13,15H,6-9H2,1H3. The highest BCUT2D eigenvalue weighted by molar-refractivity contribution is 5.16. The van der Waals surface area contributed by atoms with Gasteiger partial charge in [-0.05, 0) is 31.9 Å². The van der Waals surface area contributed by atoms with Crippen molar-refractivity contribution in [1.29, 1.82) is 0 Å². The SMILES string of the molecule is CNC(COCc1ccccc1F)C1CC1. The molecule has 1 N–H and O–H groups in total. The summed E-state index contributed by atoms with van der Waals surface area (Å²) in [5.74, 6) is 0.570. The summed E-state index contributed by atoms with van der Waals surface area (Å²) in [6.07, 6.45) is 2.57. The van der Waals surface area contributed by atoms with Gasteiger partial charge in [-0.3, -0.25) is 0 Å². The van der Waals surface area contributed by atoms with Crippen LogP contribution in [0.4, 0.5) is 4.39 Å². The number of hydrogen-bond acceptors (Lipinski definition) is 2. The van der Waals surface area contributed by atoms with Gasteiger partial charge < -0.3 is 10.1 Å². The first-order valence-corrected chi connectivity index (χ1v) is 5.79. The molecule has 1 aromatic rings. The molecule has 0 spiro atoms. The molecule has 1 saturated carbocycles. The molecule has 2 nitrogen and oxygen atoms in total. The van der Waals surface area contributed by atoms with Gasteiger partial charge in [-0.25, -0.2) is 4.39 Å². The van der Waals surface area contributed by atoms with Crippen LogP contribution in [0.2, 0.25) is 0 Å². The number of likely N-dealkylation sites (N-methyl/N-ethyl adjacent to an activating group) is 1. The summed E-state index contributed by atoms with van der Waals surface area (Å²) in [6.45, 7) is 1.02. The molecule has 0 radical (unpaired) electrons. The van der Waals surface area contributed by atoms with E-state index in [1.165, 1.54) is 18.9 Å². The minimum Gasteiger partial charge on any atom is -0.375 e. The second kappa shape index (κ2) is 5.41. The lowest BCUT2D eigenvalue weighted by Gasteiger charge is -2.15. The van der Waals surface area contributed by atoms with Crippen LogP contribution >= 0.6 is 0 Å². The Kier molecular flexibility index (Phi) is 3.91. The third-order valence-electron chi connectivity index (χ3n) is 3.07. The van der Waals surface area contributed by atoms with E-state index in [1.54, 1.807) is 12.1 Å². The van der Waals surface area contributed by atoms with Crippen molar-refractivity contribution >= 4 is 0 Å². The Hall–Kier alpha value is -0.930. The first-order valence-electron chi connectivity index (χ1n) is 5.79. The smallest absolute Gasteiger partial charge is 0.128 e. The molecule has 1 fully saturated rings. The number of rotatable bonds is 6. The molecule has 16 heavy (non-hydrogen) atoms. The normalized spacial score (nSPS) is 17.4. The van der Waals surface area contributed by atoms with E-state index < -0.39 is 0 Å². The molecule has 1 atom stereocenters. The van der Waals surface area contributed by atoms with Crippen LogP contribution < -0.4 is 5.32 Å². The van der Waals surface area contributed by atoms with Crippen molar-refractivity contribution in [2.75, 3.05) is 13.7 Å². The van der Waals surface area contributed by atoms with E-state index in [1.807, 2.05) is 13.1 Å². The maximum atomic E-state index is 13.3. The van der Waals surface area contributed by atoms with E-state index in [2.05, 4.69) is 5.32 Å². The van der Waals surface area contributed by atoms with E-state index in [9.17, 15) is 4.39 Å². The zero-order valence-electron chi connectivity index (χ0n) is 9.58. The average molecular weight is 223 g/mol. The summed E-state index contributed by atoms with van der Waals surface area (Å²) in [5, 5.41) is 3.25. The minimum atomic E-state index is -0.185. The van der Waals surface area contributed by atoms with Crippen LogP contribution in [0.1, 0.15) is 18.4 Å². The molecule has 1 aliphatic rings. The number of benzene rings is 1. The van der Waals surface area contributed by atoms with Crippen LogP contribution in [0, 0.1) is 11.7 Å². The molecule has 0 aromatic heterocycles. The quantitative estimate of drug-likeness (QED) is 0.799. The molecule has 3 heteroatoms. The molecular weight excluding hydrogens is 205 g/mol. The van der Waals surface area contributed by atoms with Crippen molar-refractivity contribution in [3.8, 4) is 0 Å². The first kappa shape index (κ1) is 11.6. The molecule has 2 rings (SSSR count). The lowest BCUT2D eigenvalue weighted by molar-refractivity contribution is 0.0932. The maximum Gasteiger partial charge on any atom is 0.128 e. The molecule has 1 aliphatic carbocycles. The molecule has 88 valence electrons. The zero-order chi connectivity index (χ0) is 11.4. The van der Waals surface area contributed by atoms with E-state index >= 15 is 0 Å². The Labute approximate surface area is 95.8 Å². The molecule has 0 amide bonds. The Morgan fingerprint density at radius 1 is 1.44 bits per heavy atom. The second-order valence-electron chi connectivity index (χ2n) is 4.34. The summed E-state index contributed by atoms with van der Waals surface area (Å²) < 4.78 is 18.8. The van der Waals surface area contributed by atoms with E-state index in [0.717, 1.165) is 5.92 Å². The summed E-state index contributed by atoms with van der Waals surface area (Å²) in [4.78, 5) is 0. The predicted molar refractivity (Wildman–Crippen MR) is 61.6 cm³/mol. The van der Waals surface area contributed by atoms with Gasteiger partial charge in [-0.1, -0.05) is 18.2 Å². The summed E-state index contributed by atoms with van der Waals surface area (Å²) in [6, 6.07) is 7.18. The van der Waals surface area contributed by atoms with E-state index in [-0.39, 0.29) is 5.82 Å². The molecule has 0 saturated heterocycles. The van der Waals surface area contributed by atoms with E-state index in [0.29, 0.717) is 24.8 Å². The molecule has 1 unspecified atom stereocenters. The van der Waals surface area contributed by atoms with Crippen LogP contribution in [-0.4, -0.2) is 19.7 Å². The Morgan fingerprint density at radius 2 is 2.19 bits per heavy atom. The fraction of sp³-hybridized carbons (Fsp3) is 0.538. The first-order chi connectivity index (χ1) is 7.81. The van der Waals surface area contributed by atoms with E-state index in [4.69, 9.17) is 4.74 Å². The topological polar surface area (TPSA) is 21.3 Å². The lowest BCUT2D eigenvalue weighted by atomic mass is 10.2. The average Bonchev–Trinajstić information content (AvgIpc) is 3.11. The van der Waals surface area contributed by atoms with Gasteiger partial charge in [0.2, 0.25) is 0 Å². The summed E-state index contributed by atoms with van der Waals surface area (Å²) in [7, 11) is 1.95. The van der Waals surface area contributed by atoms with Crippen LogP contribution in [0.25, 0.3) is 0 Å². The van der Waals surface area contributed by atoms with Gasteiger partial charge >= 0.3 is 0 Å². The maximum absolute atomic E-state index is 13.3. The van der Waals surface area contributed by atoms with Crippen molar-refractivity contribution in [3.05, 3.63) is 35.6 Å². The molecule has 0 heterocycles. The number of hydrogen-bond donors (Lipinski definition) is 1. The number of nitrogens with one attached hydrogen (secondary N) is 1. The van der Waals surface area contributed by atoms with Crippen LogP contribution in [0.15, 0.2) is 24.3 Å². The third kappa shape index (κ3) is 3.03.